The number of likely N-dealkylation sites (tertiary alicyclic amines) is 1. The van der Waals surface area contributed by atoms with Gasteiger partial charge in [0.05, 0.1) is 0 Å². The van der Waals surface area contributed by atoms with Crippen molar-refractivity contribution in [3.63, 3.8) is 0 Å². The predicted molar refractivity (Wildman–Crippen MR) is 78.8 cm³/mol. The molecule has 1 nitrogen and oxygen atoms in total. The Bertz CT molecular complexity index is 396. The third-order valence-electron chi connectivity index (χ3n) is 3.27. The van der Waals surface area contributed by atoms with E-state index < -0.39 is 0 Å². The Kier molecular flexibility index (Phi) is 3.79. The van der Waals surface area contributed by atoms with Crippen molar-refractivity contribution < 1.29 is 0 Å². The first-order valence-electron chi connectivity index (χ1n) is 6.25. The summed E-state index contributed by atoms with van der Waals surface area (Å²) in [5.74, 6) is 0. The summed E-state index contributed by atoms with van der Waals surface area (Å²) < 4.78 is 0.616. The summed E-state index contributed by atoms with van der Waals surface area (Å²) in [5.41, 5.74) is 1.37. The standard InChI is InChI=1S/C14H17NS2/c1-3-7-12(8-4-1)13-11-16-14(17-13)15-9-5-2-6-10-15/h1,3-4,7-8,11,14H,2,5-6,9-10H2/t14-/m1/s1. The van der Waals surface area contributed by atoms with Gasteiger partial charge < -0.3 is 0 Å². The SMILES string of the molecule is C1=C(c2ccccc2)S[C@H](N2CCCCC2)S1. The average molecular weight is 263 g/mol. The van der Waals surface area contributed by atoms with Crippen LogP contribution < -0.4 is 0 Å². The van der Waals surface area contributed by atoms with Gasteiger partial charge in [-0.1, -0.05) is 48.5 Å². The van der Waals surface area contributed by atoms with Crippen LogP contribution in [0.1, 0.15) is 24.8 Å². The number of thioether (sulfide) groups is 2. The smallest absolute Gasteiger partial charge is 0.111 e. The van der Waals surface area contributed by atoms with Gasteiger partial charge in [0, 0.05) is 4.91 Å². The Morgan fingerprint density at radius 2 is 1.76 bits per heavy atom. The molecule has 90 valence electrons. The number of benzene rings is 1. The van der Waals surface area contributed by atoms with Crippen molar-refractivity contribution in [2.45, 2.75) is 24.0 Å². The number of piperidine rings is 1. The molecule has 3 heteroatoms. The van der Waals surface area contributed by atoms with Crippen LogP contribution in [0.2, 0.25) is 0 Å². The number of hydrogen-bond acceptors (Lipinski definition) is 3. The fourth-order valence-corrected chi connectivity index (χ4v) is 5.01. The molecule has 0 aromatic heterocycles. The van der Waals surface area contributed by atoms with Gasteiger partial charge in [0.25, 0.3) is 0 Å². The molecular weight excluding hydrogens is 246 g/mol. The van der Waals surface area contributed by atoms with Gasteiger partial charge in [-0.3, -0.25) is 4.90 Å². The zero-order chi connectivity index (χ0) is 11.5. The van der Waals surface area contributed by atoms with Crippen LogP contribution in [-0.4, -0.2) is 22.7 Å². The quantitative estimate of drug-likeness (QED) is 0.786. The molecule has 0 bridgehead atoms. The van der Waals surface area contributed by atoms with E-state index in [9.17, 15) is 0 Å². The lowest BCUT2D eigenvalue weighted by molar-refractivity contribution is 0.253. The van der Waals surface area contributed by atoms with E-state index in [2.05, 4.69) is 40.6 Å². The first-order chi connectivity index (χ1) is 8.43. The lowest BCUT2D eigenvalue weighted by atomic mass is 10.1. The molecule has 1 fully saturated rings. The molecule has 1 aromatic carbocycles. The van der Waals surface area contributed by atoms with E-state index in [1.807, 2.05) is 23.5 Å². The van der Waals surface area contributed by atoms with E-state index in [-0.39, 0.29) is 0 Å². The van der Waals surface area contributed by atoms with E-state index in [0.717, 1.165) is 0 Å². The minimum atomic E-state index is 0.616. The van der Waals surface area contributed by atoms with Gasteiger partial charge in [-0.25, -0.2) is 0 Å². The van der Waals surface area contributed by atoms with Gasteiger partial charge in [0.15, 0.2) is 0 Å². The fraction of sp³-hybridized carbons (Fsp3) is 0.429. The molecule has 0 spiro atoms. The van der Waals surface area contributed by atoms with Crippen molar-refractivity contribution >= 4 is 28.4 Å². The zero-order valence-electron chi connectivity index (χ0n) is 9.84. The van der Waals surface area contributed by atoms with Gasteiger partial charge in [-0.2, -0.15) is 0 Å². The van der Waals surface area contributed by atoms with Crippen LogP contribution in [0.5, 0.6) is 0 Å². The van der Waals surface area contributed by atoms with Crippen LogP contribution in [-0.2, 0) is 0 Å². The van der Waals surface area contributed by atoms with E-state index in [4.69, 9.17) is 0 Å². The molecule has 2 heterocycles. The van der Waals surface area contributed by atoms with Crippen molar-refractivity contribution in [3.8, 4) is 0 Å². The van der Waals surface area contributed by atoms with Crippen LogP contribution in [0.25, 0.3) is 4.91 Å². The topological polar surface area (TPSA) is 3.24 Å². The van der Waals surface area contributed by atoms with E-state index >= 15 is 0 Å². The molecule has 2 aliphatic heterocycles. The van der Waals surface area contributed by atoms with Gasteiger partial charge >= 0.3 is 0 Å². The molecule has 0 aliphatic carbocycles. The fourth-order valence-electron chi connectivity index (χ4n) is 2.31. The molecular formula is C14H17NS2. The zero-order valence-corrected chi connectivity index (χ0v) is 11.5. The Morgan fingerprint density at radius 3 is 2.53 bits per heavy atom. The first-order valence-corrected chi connectivity index (χ1v) is 8.07. The van der Waals surface area contributed by atoms with Gasteiger partial charge in [-0.15, -0.1) is 11.8 Å². The van der Waals surface area contributed by atoms with E-state index in [1.165, 1.54) is 42.8 Å². The molecule has 1 atom stereocenters. The maximum Gasteiger partial charge on any atom is 0.111 e. The van der Waals surface area contributed by atoms with Gasteiger partial charge in [0.2, 0.25) is 0 Å². The second-order valence-corrected chi connectivity index (χ2v) is 6.88. The Morgan fingerprint density at radius 1 is 1.00 bits per heavy atom. The molecule has 0 radical (unpaired) electrons. The average Bonchev–Trinajstić information content (AvgIpc) is 2.90. The second kappa shape index (κ2) is 5.51. The number of nitrogens with zero attached hydrogens (tertiary/aromatic N) is 1. The molecule has 1 saturated heterocycles. The van der Waals surface area contributed by atoms with Crippen molar-refractivity contribution in [1.29, 1.82) is 0 Å². The third-order valence-corrected chi connectivity index (χ3v) is 6.05. The molecule has 0 amide bonds. The Hall–Kier alpha value is -0.380. The lowest BCUT2D eigenvalue weighted by Crippen LogP contribution is -2.34. The minimum Gasteiger partial charge on any atom is -0.283 e. The molecule has 2 aliphatic rings. The van der Waals surface area contributed by atoms with Crippen LogP contribution in [0.3, 0.4) is 0 Å². The van der Waals surface area contributed by atoms with Crippen molar-refractivity contribution in [3.05, 3.63) is 41.3 Å². The largest absolute Gasteiger partial charge is 0.283 e. The summed E-state index contributed by atoms with van der Waals surface area (Å²) in [6, 6.07) is 10.7. The Labute approximate surface area is 112 Å². The lowest BCUT2D eigenvalue weighted by Gasteiger charge is -2.30. The Balaban J connectivity index is 1.64. The van der Waals surface area contributed by atoms with Gasteiger partial charge in [-0.05, 0) is 36.9 Å². The first kappa shape index (κ1) is 11.7. The van der Waals surface area contributed by atoms with Gasteiger partial charge in [0.1, 0.15) is 4.71 Å². The molecule has 3 rings (SSSR count). The van der Waals surface area contributed by atoms with Crippen molar-refractivity contribution in [2.24, 2.45) is 0 Å². The summed E-state index contributed by atoms with van der Waals surface area (Å²) in [6.45, 7) is 2.56. The van der Waals surface area contributed by atoms with Crippen LogP contribution in [0.15, 0.2) is 35.7 Å². The predicted octanol–water partition coefficient (Wildman–Crippen LogP) is 4.23. The highest BCUT2D eigenvalue weighted by Crippen LogP contribution is 2.47. The summed E-state index contributed by atoms with van der Waals surface area (Å²) in [7, 11) is 0. The molecule has 1 aromatic rings. The third kappa shape index (κ3) is 2.72. The molecule has 0 unspecified atom stereocenters. The second-order valence-electron chi connectivity index (χ2n) is 4.51. The van der Waals surface area contributed by atoms with Crippen molar-refractivity contribution in [1.82, 2.24) is 4.90 Å². The maximum atomic E-state index is 2.63. The van der Waals surface area contributed by atoms with E-state index in [0.29, 0.717) is 4.71 Å². The minimum absolute atomic E-state index is 0.616. The van der Waals surface area contributed by atoms with Crippen molar-refractivity contribution in [2.75, 3.05) is 13.1 Å². The molecule has 0 N–H and O–H groups in total. The summed E-state index contributed by atoms with van der Waals surface area (Å²) >= 11 is 4.00. The highest BCUT2D eigenvalue weighted by Gasteiger charge is 2.26. The highest BCUT2D eigenvalue weighted by atomic mass is 32.2. The summed E-state index contributed by atoms with van der Waals surface area (Å²) in [5, 5.41) is 2.33. The number of hydrogen-bond donors (Lipinski definition) is 0. The van der Waals surface area contributed by atoms with Crippen LogP contribution in [0, 0.1) is 0 Å². The van der Waals surface area contributed by atoms with E-state index in [1.54, 1.807) is 0 Å². The summed E-state index contributed by atoms with van der Waals surface area (Å²) in [4.78, 5) is 4.07. The highest BCUT2D eigenvalue weighted by molar-refractivity contribution is 8.26. The number of rotatable bonds is 2. The maximum absolute atomic E-state index is 2.63. The molecule has 17 heavy (non-hydrogen) atoms. The van der Waals surface area contributed by atoms with Crippen LogP contribution in [0.4, 0.5) is 0 Å². The molecule has 0 saturated carbocycles. The monoisotopic (exact) mass is 263 g/mol. The summed E-state index contributed by atoms with van der Waals surface area (Å²) in [6.07, 6.45) is 4.16. The van der Waals surface area contributed by atoms with Crippen LogP contribution >= 0.6 is 23.5 Å². The normalized spacial score (nSPS) is 25.9.